The zero-order chi connectivity index (χ0) is 14.7. The van der Waals surface area contributed by atoms with Gasteiger partial charge < -0.3 is 10.4 Å². The Kier molecular flexibility index (Phi) is 4.19. The fourth-order valence-electron chi connectivity index (χ4n) is 1.73. The van der Waals surface area contributed by atoms with E-state index < -0.39 is 17.9 Å². The smallest absolute Gasteiger partial charge is 0.331 e. The van der Waals surface area contributed by atoms with Crippen LogP contribution in [-0.4, -0.2) is 26.8 Å². The van der Waals surface area contributed by atoms with Gasteiger partial charge in [0.15, 0.2) is 6.04 Å². The van der Waals surface area contributed by atoms with Gasteiger partial charge in [-0.3, -0.25) is 9.48 Å². The van der Waals surface area contributed by atoms with E-state index in [1.165, 1.54) is 10.9 Å². The van der Waals surface area contributed by atoms with Crippen molar-refractivity contribution in [1.82, 2.24) is 15.1 Å². The number of aliphatic carboxylic acids is 1. The number of amides is 1. The average Bonchev–Trinajstić information content (AvgIpc) is 2.82. The van der Waals surface area contributed by atoms with Crippen LogP contribution in [0, 0.1) is 0 Å². The van der Waals surface area contributed by atoms with Crippen LogP contribution in [0.25, 0.3) is 0 Å². The van der Waals surface area contributed by atoms with Crippen LogP contribution in [0.1, 0.15) is 22.0 Å². The molecule has 1 unspecified atom stereocenters. The standard InChI is InChI=1S/C13H12BrN3O3/c1-17-7-8(6-15-17)11(13(19)20)16-12(18)9-4-2-3-5-10(9)14/h2-7,11H,1H3,(H,16,18)(H,19,20). The lowest BCUT2D eigenvalue weighted by molar-refractivity contribution is -0.139. The highest BCUT2D eigenvalue weighted by Crippen LogP contribution is 2.18. The van der Waals surface area contributed by atoms with Gasteiger partial charge in [0, 0.05) is 23.3 Å². The van der Waals surface area contributed by atoms with Crippen LogP contribution in [0.5, 0.6) is 0 Å². The summed E-state index contributed by atoms with van der Waals surface area (Å²) in [7, 11) is 1.68. The van der Waals surface area contributed by atoms with Crippen molar-refractivity contribution in [3.8, 4) is 0 Å². The maximum absolute atomic E-state index is 12.1. The van der Waals surface area contributed by atoms with Gasteiger partial charge >= 0.3 is 5.97 Å². The minimum Gasteiger partial charge on any atom is -0.479 e. The summed E-state index contributed by atoms with van der Waals surface area (Å²) >= 11 is 3.26. The number of hydrogen-bond donors (Lipinski definition) is 2. The minimum atomic E-state index is -1.14. The molecule has 1 amide bonds. The fraction of sp³-hybridized carbons (Fsp3) is 0.154. The molecule has 2 rings (SSSR count). The number of rotatable bonds is 4. The van der Waals surface area contributed by atoms with Gasteiger partial charge in [-0.05, 0) is 28.1 Å². The highest BCUT2D eigenvalue weighted by Gasteiger charge is 2.24. The van der Waals surface area contributed by atoms with E-state index in [-0.39, 0.29) is 0 Å². The van der Waals surface area contributed by atoms with E-state index in [9.17, 15) is 14.7 Å². The van der Waals surface area contributed by atoms with Gasteiger partial charge in [-0.1, -0.05) is 12.1 Å². The van der Waals surface area contributed by atoms with Gasteiger partial charge in [-0.25, -0.2) is 4.79 Å². The first kappa shape index (κ1) is 14.3. The Hall–Kier alpha value is -2.15. The van der Waals surface area contributed by atoms with Crippen LogP contribution in [0.2, 0.25) is 0 Å². The van der Waals surface area contributed by atoms with Crippen LogP contribution < -0.4 is 5.32 Å². The Bertz CT molecular complexity index is 654. The number of carbonyl (C=O) groups is 2. The van der Waals surface area contributed by atoms with Crippen molar-refractivity contribution < 1.29 is 14.7 Å². The summed E-state index contributed by atoms with van der Waals surface area (Å²) in [4.78, 5) is 23.4. The topological polar surface area (TPSA) is 84.2 Å². The molecule has 0 bridgehead atoms. The second-order valence-corrected chi connectivity index (χ2v) is 5.03. The quantitative estimate of drug-likeness (QED) is 0.889. The van der Waals surface area contributed by atoms with Gasteiger partial charge in [0.25, 0.3) is 5.91 Å². The van der Waals surface area contributed by atoms with Crippen molar-refractivity contribution in [3.05, 3.63) is 52.3 Å². The SMILES string of the molecule is Cn1cc(C(NC(=O)c2ccccc2Br)C(=O)O)cn1. The molecule has 7 heteroatoms. The Morgan fingerprint density at radius 2 is 2.10 bits per heavy atom. The van der Waals surface area contributed by atoms with E-state index in [2.05, 4.69) is 26.3 Å². The molecular weight excluding hydrogens is 326 g/mol. The first-order valence-corrected chi connectivity index (χ1v) is 6.55. The maximum Gasteiger partial charge on any atom is 0.331 e. The average molecular weight is 338 g/mol. The van der Waals surface area contributed by atoms with E-state index in [1.807, 2.05) is 0 Å². The van der Waals surface area contributed by atoms with Crippen LogP contribution in [0.15, 0.2) is 41.1 Å². The molecule has 20 heavy (non-hydrogen) atoms. The fourth-order valence-corrected chi connectivity index (χ4v) is 2.20. The Morgan fingerprint density at radius 1 is 1.40 bits per heavy atom. The normalized spacial score (nSPS) is 11.9. The Labute approximate surface area is 123 Å². The van der Waals surface area contributed by atoms with Gasteiger partial charge in [0.1, 0.15) is 0 Å². The molecule has 1 atom stereocenters. The van der Waals surface area contributed by atoms with E-state index in [0.29, 0.717) is 15.6 Å². The lowest BCUT2D eigenvalue weighted by Gasteiger charge is -2.13. The van der Waals surface area contributed by atoms with E-state index in [1.54, 1.807) is 37.5 Å². The summed E-state index contributed by atoms with van der Waals surface area (Å²) in [6, 6.07) is 5.68. The Balaban J connectivity index is 2.23. The molecule has 2 N–H and O–H groups in total. The van der Waals surface area contributed by atoms with Crippen molar-refractivity contribution in [2.24, 2.45) is 7.05 Å². The molecule has 0 spiro atoms. The van der Waals surface area contributed by atoms with Crippen LogP contribution in [0.3, 0.4) is 0 Å². The molecule has 0 fully saturated rings. The Morgan fingerprint density at radius 3 is 2.65 bits per heavy atom. The minimum absolute atomic E-state index is 0.377. The van der Waals surface area contributed by atoms with Gasteiger partial charge in [0.2, 0.25) is 0 Å². The van der Waals surface area contributed by atoms with Crippen molar-refractivity contribution in [3.63, 3.8) is 0 Å². The third-order valence-electron chi connectivity index (χ3n) is 2.70. The van der Waals surface area contributed by atoms with Crippen molar-refractivity contribution >= 4 is 27.8 Å². The lowest BCUT2D eigenvalue weighted by atomic mass is 10.1. The number of nitrogens with zero attached hydrogens (tertiary/aromatic N) is 2. The molecule has 2 aromatic rings. The van der Waals surface area contributed by atoms with Gasteiger partial charge in [-0.15, -0.1) is 0 Å². The zero-order valence-corrected chi connectivity index (χ0v) is 12.2. The van der Waals surface area contributed by atoms with Gasteiger partial charge in [-0.2, -0.15) is 5.10 Å². The van der Waals surface area contributed by atoms with Crippen LogP contribution in [0.4, 0.5) is 0 Å². The molecule has 0 saturated carbocycles. The second-order valence-electron chi connectivity index (χ2n) is 4.17. The number of nitrogens with one attached hydrogen (secondary N) is 1. The molecular formula is C13H12BrN3O3. The summed E-state index contributed by atoms with van der Waals surface area (Å²) in [5.41, 5.74) is 0.794. The second kappa shape index (κ2) is 5.87. The predicted octanol–water partition coefficient (Wildman–Crippen LogP) is 1.74. The largest absolute Gasteiger partial charge is 0.479 e. The molecule has 1 aromatic heterocycles. The van der Waals surface area contributed by atoms with Crippen molar-refractivity contribution in [2.75, 3.05) is 0 Å². The lowest BCUT2D eigenvalue weighted by Crippen LogP contribution is -2.33. The summed E-state index contributed by atoms with van der Waals surface area (Å²) < 4.78 is 2.09. The third kappa shape index (κ3) is 3.05. The highest BCUT2D eigenvalue weighted by molar-refractivity contribution is 9.10. The predicted molar refractivity (Wildman–Crippen MR) is 75.2 cm³/mol. The van der Waals surface area contributed by atoms with Crippen molar-refractivity contribution in [1.29, 1.82) is 0 Å². The summed E-state index contributed by atoms with van der Waals surface area (Å²) in [5.74, 6) is -1.60. The number of benzene rings is 1. The monoisotopic (exact) mass is 337 g/mol. The molecule has 6 nitrogen and oxygen atoms in total. The molecule has 0 radical (unpaired) electrons. The first-order chi connectivity index (χ1) is 9.49. The maximum atomic E-state index is 12.1. The summed E-state index contributed by atoms with van der Waals surface area (Å²) in [5, 5.41) is 15.6. The third-order valence-corrected chi connectivity index (χ3v) is 3.39. The molecule has 0 aliphatic rings. The van der Waals surface area contributed by atoms with Crippen molar-refractivity contribution in [2.45, 2.75) is 6.04 Å². The van der Waals surface area contributed by atoms with Crippen LogP contribution in [-0.2, 0) is 11.8 Å². The molecule has 104 valence electrons. The number of carbonyl (C=O) groups excluding carboxylic acids is 1. The number of aromatic nitrogens is 2. The number of hydrogen-bond acceptors (Lipinski definition) is 3. The summed E-state index contributed by atoms with van der Waals surface area (Å²) in [6.45, 7) is 0. The number of carboxylic acids is 1. The molecule has 1 aromatic carbocycles. The molecule has 0 saturated heterocycles. The van der Waals surface area contributed by atoms with Crippen LogP contribution >= 0.6 is 15.9 Å². The first-order valence-electron chi connectivity index (χ1n) is 5.76. The van der Waals surface area contributed by atoms with E-state index in [0.717, 1.165) is 0 Å². The molecule has 1 heterocycles. The number of aryl methyl sites for hydroxylation is 1. The number of halogens is 1. The highest BCUT2D eigenvalue weighted by atomic mass is 79.9. The number of carboxylic acid groups (broad SMARTS) is 1. The molecule has 0 aliphatic heterocycles. The van der Waals surface area contributed by atoms with E-state index >= 15 is 0 Å². The van der Waals surface area contributed by atoms with E-state index in [4.69, 9.17) is 0 Å². The molecule has 0 aliphatic carbocycles. The zero-order valence-electron chi connectivity index (χ0n) is 10.6. The summed E-state index contributed by atoms with van der Waals surface area (Å²) in [6.07, 6.45) is 2.97. The van der Waals surface area contributed by atoms with Gasteiger partial charge in [0.05, 0.1) is 11.8 Å².